The lowest BCUT2D eigenvalue weighted by atomic mass is 10.1. The molecule has 2 aromatic rings. The molecule has 4 nitrogen and oxygen atoms in total. The Morgan fingerprint density at radius 3 is 2.93 bits per heavy atom. The van der Waals surface area contributed by atoms with Gasteiger partial charge in [-0.25, -0.2) is 0 Å². The predicted octanol–water partition coefficient (Wildman–Crippen LogP) is 4.82. The highest BCUT2D eigenvalue weighted by Gasteiger charge is 2.35. The Bertz CT molecular complexity index is 949. The van der Waals surface area contributed by atoms with Crippen molar-refractivity contribution < 1.29 is 9.53 Å². The molecule has 2 aliphatic rings. The first kappa shape index (κ1) is 17.9. The van der Waals surface area contributed by atoms with Crippen LogP contribution in [0.3, 0.4) is 0 Å². The molecule has 2 aliphatic heterocycles. The number of thioether (sulfide) groups is 1. The highest BCUT2D eigenvalue weighted by Crippen LogP contribution is 2.38. The number of amidine groups is 1. The van der Waals surface area contributed by atoms with Crippen LogP contribution in [0.15, 0.2) is 52.4 Å². The van der Waals surface area contributed by atoms with Crippen molar-refractivity contribution in [3.8, 4) is 5.75 Å². The number of fused-ring (bicyclic) bond motifs is 1. The minimum absolute atomic E-state index is 0.0131. The van der Waals surface area contributed by atoms with Crippen molar-refractivity contribution >= 4 is 34.6 Å². The summed E-state index contributed by atoms with van der Waals surface area (Å²) >= 11 is 1.45. The van der Waals surface area contributed by atoms with Gasteiger partial charge in [0.15, 0.2) is 5.17 Å². The average molecular weight is 378 g/mol. The van der Waals surface area contributed by atoms with E-state index in [-0.39, 0.29) is 5.91 Å². The van der Waals surface area contributed by atoms with Gasteiger partial charge in [0.2, 0.25) is 0 Å². The van der Waals surface area contributed by atoms with Crippen LogP contribution < -0.4 is 9.64 Å². The van der Waals surface area contributed by atoms with E-state index in [2.05, 4.69) is 18.0 Å². The summed E-state index contributed by atoms with van der Waals surface area (Å²) in [5, 5.41) is 0.756. The van der Waals surface area contributed by atoms with Crippen LogP contribution in [0.2, 0.25) is 0 Å². The Morgan fingerprint density at radius 2 is 2.11 bits per heavy atom. The molecular formula is C22H22N2O2S. The molecule has 2 heterocycles. The zero-order valence-corrected chi connectivity index (χ0v) is 16.4. The molecule has 1 amide bonds. The molecule has 5 heteroatoms. The van der Waals surface area contributed by atoms with Crippen LogP contribution >= 0.6 is 11.8 Å². The number of carbonyl (C=O) groups excluding carboxylic acids is 1. The number of anilines is 1. The summed E-state index contributed by atoms with van der Waals surface area (Å²) in [4.78, 5) is 20.3. The number of rotatable bonds is 4. The van der Waals surface area contributed by atoms with E-state index in [1.807, 2.05) is 49.4 Å². The van der Waals surface area contributed by atoms with Crippen molar-refractivity contribution in [3.63, 3.8) is 0 Å². The molecule has 27 heavy (non-hydrogen) atoms. The van der Waals surface area contributed by atoms with E-state index in [0.29, 0.717) is 11.4 Å². The van der Waals surface area contributed by atoms with Crippen molar-refractivity contribution in [1.82, 2.24) is 0 Å². The smallest absolute Gasteiger partial charge is 0.271 e. The normalized spacial score (nSPS) is 19.0. The molecule has 0 radical (unpaired) electrons. The summed E-state index contributed by atoms with van der Waals surface area (Å²) in [5.74, 6) is 0.940. The lowest BCUT2D eigenvalue weighted by molar-refractivity contribution is -0.113. The maximum atomic E-state index is 13.2. The number of hydrogen-bond donors (Lipinski definition) is 0. The van der Waals surface area contributed by atoms with Crippen LogP contribution in [-0.4, -0.2) is 24.2 Å². The number of benzene rings is 2. The Balaban J connectivity index is 1.71. The van der Waals surface area contributed by atoms with Crippen LogP contribution in [0.25, 0.3) is 6.08 Å². The molecule has 0 aromatic heterocycles. The summed E-state index contributed by atoms with van der Waals surface area (Å²) in [7, 11) is 0. The molecule has 0 spiro atoms. The molecule has 4 rings (SSSR count). The zero-order valence-electron chi connectivity index (χ0n) is 15.6. The zero-order chi connectivity index (χ0) is 18.8. The predicted molar refractivity (Wildman–Crippen MR) is 112 cm³/mol. The molecular weight excluding hydrogens is 356 g/mol. The fourth-order valence-corrected chi connectivity index (χ4v) is 4.26. The van der Waals surface area contributed by atoms with Crippen molar-refractivity contribution in [2.24, 2.45) is 4.99 Å². The van der Waals surface area contributed by atoms with E-state index in [9.17, 15) is 4.79 Å². The second-order valence-corrected chi connectivity index (χ2v) is 7.68. The SMILES string of the molecule is CCC/N=C1\S/C(=C\c2ccc3c(c2)CCO3)C(=O)N1c1ccccc1C. The molecule has 0 saturated carbocycles. The van der Waals surface area contributed by atoms with Gasteiger partial charge in [0.25, 0.3) is 5.91 Å². The summed E-state index contributed by atoms with van der Waals surface area (Å²) in [5.41, 5.74) is 4.19. The van der Waals surface area contributed by atoms with Crippen molar-refractivity contribution in [2.75, 3.05) is 18.1 Å². The van der Waals surface area contributed by atoms with Gasteiger partial charge in [-0.15, -0.1) is 0 Å². The van der Waals surface area contributed by atoms with E-state index in [1.54, 1.807) is 4.90 Å². The Hall–Kier alpha value is -2.53. The maximum Gasteiger partial charge on any atom is 0.271 e. The number of aryl methyl sites for hydroxylation is 1. The first-order valence-corrected chi connectivity index (χ1v) is 10.1. The average Bonchev–Trinajstić information content (AvgIpc) is 3.25. The minimum Gasteiger partial charge on any atom is -0.493 e. The van der Waals surface area contributed by atoms with E-state index in [4.69, 9.17) is 4.74 Å². The molecule has 0 aliphatic carbocycles. The van der Waals surface area contributed by atoms with Gasteiger partial charge in [0.05, 0.1) is 17.2 Å². The molecule has 0 unspecified atom stereocenters. The van der Waals surface area contributed by atoms with E-state index < -0.39 is 0 Å². The quantitative estimate of drug-likeness (QED) is 0.717. The first-order valence-electron chi connectivity index (χ1n) is 9.27. The third-order valence-corrected chi connectivity index (χ3v) is 5.65. The van der Waals surface area contributed by atoms with Gasteiger partial charge in [-0.1, -0.05) is 31.2 Å². The molecule has 1 fully saturated rings. The number of carbonyl (C=O) groups is 1. The maximum absolute atomic E-state index is 13.2. The number of amides is 1. The van der Waals surface area contributed by atoms with E-state index in [1.165, 1.54) is 17.3 Å². The minimum atomic E-state index is -0.0131. The summed E-state index contributed by atoms with van der Waals surface area (Å²) in [6, 6.07) is 14.0. The summed E-state index contributed by atoms with van der Waals surface area (Å²) in [6.07, 6.45) is 3.83. The summed E-state index contributed by atoms with van der Waals surface area (Å²) in [6.45, 7) is 5.55. The number of para-hydroxylation sites is 1. The first-order chi connectivity index (χ1) is 13.2. The fourth-order valence-electron chi connectivity index (χ4n) is 3.26. The summed E-state index contributed by atoms with van der Waals surface area (Å²) < 4.78 is 5.57. The van der Waals surface area contributed by atoms with E-state index in [0.717, 1.165) is 47.2 Å². The topological polar surface area (TPSA) is 41.9 Å². The third kappa shape index (κ3) is 3.52. The van der Waals surface area contributed by atoms with Gasteiger partial charge in [0, 0.05) is 13.0 Å². The fraction of sp³-hybridized carbons (Fsp3) is 0.273. The van der Waals surface area contributed by atoms with Gasteiger partial charge >= 0.3 is 0 Å². The van der Waals surface area contributed by atoms with Crippen molar-refractivity contribution in [3.05, 3.63) is 64.1 Å². The Morgan fingerprint density at radius 1 is 1.26 bits per heavy atom. The van der Waals surface area contributed by atoms with Gasteiger partial charge in [-0.05, 0) is 66.1 Å². The molecule has 1 saturated heterocycles. The van der Waals surface area contributed by atoms with Gasteiger partial charge in [-0.3, -0.25) is 14.7 Å². The van der Waals surface area contributed by atoms with Crippen LogP contribution in [0.1, 0.15) is 30.0 Å². The molecule has 138 valence electrons. The second-order valence-electron chi connectivity index (χ2n) is 6.67. The Kier molecular flexibility index (Phi) is 5.03. The van der Waals surface area contributed by atoms with Crippen LogP contribution in [0.5, 0.6) is 5.75 Å². The molecule has 0 bridgehead atoms. The van der Waals surface area contributed by atoms with Crippen molar-refractivity contribution in [2.45, 2.75) is 26.7 Å². The lowest BCUT2D eigenvalue weighted by Crippen LogP contribution is -2.29. The largest absolute Gasteiger partial charge is 0.493 e. The van der Waals surface area contributed by atoms with Crippen LogP contribution in [-0.2, 0) is 11.2 Å². The van der Waals surface area contributed by atoms with Crippen molar-refractivity contribution in [1.29, 1.82) is 0 Å². The standard InChI is InChI=1S/C22H22N2O2S/c1-3-11-23-22-24(18-7-5-4-6-15(18)2)21(25)20(27-22)14-16-8-9-19-17(13-16)10-12-26-19/h4-9,13-14H,3,10-12H2,1-2H3/b20-14-,23-22-. The Labute approximate surface area is 163 Å². The van der Waals surface area contributed by atoms with Gasteiger partial charge in [0.1, 0.15) is 5.75 Å². The monoisotopic (exact) mass is 378 g/mol. The van der Waals surface area contributed by atoms with Crippen LogP contribution in [0, 0.1) is 6.92 Å². The lowest BCUT2D eigenvalue weighted by Gasteiger charge is -2.17. The number of aliphatic imine (C=N–C) groups is 1. The highest BCUT2D eigenvalue weighted by molar-refractivity contribution is 8.19. The third-order valence-electron chi connectivity index (χ3n) is 4.64. The molecule has 0 atom stereocenters. The molecule has 2 aromatic carbocycles. The van der Waals surface area contributed by atoms with E-state index >= 15 is 0 Å². The van der Waals surface area contributed by atoms with Gasteiger partial charge in [-0.2, -0.15) is 0 Å². The number of ether oxygens (including phenoxy) is 1. The molecule has 0 N–H and O–H groups in total. The van der Waals surface area contributed by atoms with Crippen LogP contribution in [0.4, 0.5) is 5.69 Å². The number of hydrogen-bond acceptors (Lipinski definition) is 4. The highest BCUT2D eigenvalue weighted by atomic mass is 32.2. The van der Waals surface area contributed by atoms with Gasteiger partial charge < -0.3 is 4.74 Å². The second kappa shape index (κ2) is 7.61. The number of nitrogens with zero attached hydrogens (tertiary/aromatic N) is 2.